The van der Waals surface area contributed by atoms with E-state index in [1.165, 1.54) is 64.2 Å². The molecule has 106 valence electrons. The highest BCUT2D eigenvalue weighted by Gasteiger charge is 2.01. The monoisotopic (exact) mass is 250 g/mol. The molecule has 0 aromatic carbocycles. The zero-order valence-electron chi connectivity index (χ0n) is 12.6. The fraction of sp³-hybridized carbons (Fsp3) is 0.778. The van der Waals surface area contributed by atoms with Gasteiger partial charge in [-0.2, -0.15) is 0 Å². The van der Waals surface area contributed by atoms with Crippen molar-refractivity contribution in [1.82, 2.24) is 0 Å². The quantitative estimate of drug-likeness (QED) is 0.257. The van der Waals surface area contributed by atoms with Crippen molar-refractivity contribution < 1.29 is 0 Å². The summed E-state index contributed by atoms with van der Waals surface area (Å²) >= 11 is 0. The van der Waals surface area contributed by atoms with E-state index in [2.05, 4.69) is 32.9 Å². The molecule has 18 heavy (non-hydrogen) atoms. The summed E-state index contributed by atoms with van der Waals surface area (Å²) in [5.41, 5.74) is 0. The lowest BCUT2D eigenvalue weighted by atomic mass is 9.96. The van der Waals surface area contributed by atoms with Gasteiger partial charge in [-0.05, 0) is 32.1 Å². The average Bonchev–Trinajstić information content (AvgIpc) is 2.37. The number of hydrogen-bond donors (Lipinski definition) is 0. The highest BCUT2D eigenvalue weighted by molar-refractivity contribution is 4.81. The summed E-state index contributed by atoms with van der Waals surface area (Å²) in [6, 6.07) is 0. The van der Waals surface area contributed by atoms with Crippen molar-refractivity contribution in [2.75, 3.05) is 0 Å². The first-order chi connectivity index (χ1) is 8.81. The molecule has 0 saturated heterocycles. The molecule has 1 atom stereocenters. The topological polar surface area (TPSA) is 0 Å². The van der Waals surface area contributed by atoms with Crippen LogP contribution in [0.1, 0.15) is 84.0 Å². The second-order valence-electron chi connectivity index (χ2n) is 5.56. The summed E-state index contributed by atoms with van der Waals surface area (Å²) in [5.74, 6) is 0.931. The molecule has 0 spiro atoms. The van der Waals surface area contributed by atoms with E-state index in [9.17, 15) is 0 Å². The van der Waals surface area contributed by atoms with Crippen molar-refractivity contribution in [2.45, 2.75) is 84.0 Å². The molecule has 1 unspecified atom stereocenters. The molecule has 2 radical (unpaired) electrons. The molecule has 0 aliphatic heterocycles. The number of hydrogen-bond acceptors (Lipinski definition) is 0. The minimum atomic E-state index is 0.931. The molecular weight excluding hydrogens is 216 g/mol. The molecule has 0 bridgehead atoms. The molecule has 0 aromatic rings. The van der Waals surface area contributed by atoms with E-state index in [4.69, 9.17) is 0 Å². The minimum Gasteiger partial charge on any atom is -0.0885 e. The fourth-order valence-corrected chi connectivity index (χ4v) is 2.33. The van der Waals surface area contributed by atoms with Gasteiger partial charge >= 0.3 is 0 Å². The zero-order chi connectivity index (χ0) is 13.5. The number of allylic oxidation sites excluding steroid dienone is 2. The molecule has 0 aromatic heterocycles. The van der Waals surface area contributed by atoms with Crippen LogP contribution in [0.25, 0.3) is 0 Å². The molecule has 0 heteroatoms. The van der Waals surface area contributed by atoms with E-state index >= 15 is 0 Å². The van der Waals surface area contributed by atoms with Crippen molar-refractivity contribution in [3.05, 3.63) is 26.0 Å². The predicted molar refractivity (Wildman–Crippen MR) is 84.4 cm³/mol. The minimum absolute atomic E-state index is 0.931. The SMILES string of the molecule is [CH2]CC=CCCCCCC(C)CCCCCC[CH2]. The molecule has 0 N–H and O–H groups in total. The van der Waals surface area contributed by atoms with Crippen LogP contribution in [-0.2, 0) is 0 Å². The van der Waals surface area contributed by atoms with Gasteiger partial charge in [0.1, 0.15) is 0 Å². The van der Waals surface area contributed by atoms with Crippen molar-refractivity contribution in [2.24, 2.45) is 5.92 Å². The van der Waals surface area contributed by atoms with Crippen LogP contribution in [-0.4, -0.2) is 0 Å². The Kier molecular flexibility index (Phi) is 14.6. The van der Waals surface area contributed by atoms with E-state index in [1.54, 1.807) is 0 Å². The first-order valence-corrected chi connectivity index (χ1v) is 8.04. The smallest absolute Gasteiger partial charge is 0.0351 e. The van der Waals surface area contributed by atoms with Gasteiger partial charge in [-0.25, -0.2) is 0 Å². The van der Waals surface area contributed by atoms with Crippen LogP contribution in [0.2, 0.25) is 0 Å². The maximum Gasteiger partial charge on any atom is -0.0351 e. The largest absolute Gasteiger partial charge is 0.0885 e. The Hall–Kier alpha value is -0.260. The van der Waals surface area contributed by atoms with E-state index in [0.29, 0.717) is 0 Å². The van der Waals surface area contributed by atoms with Gasteiger partial charge in [-0.15, -0.1) is 0 Å². The van der Waals surface area contributed by atoms with Crippen molar-refractivity contribution >= 4 is 0 Å². The third-order valence-electron chi connectivity index (χ3n) is 3.60. The Balaban J connectivity index is 3.16. The predicted octanol–water partition coefficient (Wildman–Crippen LogP) is 6.53. The number of unbranched alkanes of at least 4 members (excludes halogenated alkanes) is 7. The third-order valence-corrected chi connectivity index (χ3v) is 3.60. The van der Waals surface area contributed by atoms with E-state index in [1.807, 2.05) is 0 Å². The fourth-order valence-electron chi connectivity index (χ4n) is 2.33. The van der Waals surface area contributed by atoms with Crippen molar-refractivity contribution in [3.63, 3.8) is 0 Å². The molecule has 0 fully saturated rings. The maximum atomic E-state index is 3.89. The Morgan fingerprint density at radius 1 is 0.778 bits per heavy atom. The van der Waals surface area contributed by atoms with Crippen LogP contribution >= 0.6 is 0 Å². The van der Waals surface area contributed by atoms with Crippen LogP contribution in [0.3, 0.4) is 0 Å². The average molecular weight is 250 g/mol. The molecular formula is C18H34. The van der Waals surface area contributed by atoms with Gasteiger partial charge in [0.15, 0.2) is 0 Å². The van der Waals surface area contributed by atoms with Gasteiger partial charge in [-0.1, -0.05) is 83.8 Å². The van der Waals surface area contributed by atoms with E-state index < -0.39 is 0 Å². The molecule has 0 heterocycles. The first kappa shape index (κ1) is 17.7. The van der Waals surface area contributed by atoms with Crippen LogP contribution in [0.5, 0.6) is 0 Å². The van der Waals surface area contributed by atoms with Crippen LogP contribution in [0.15, 0.2) is 12.2 Å². The second-order valence-corrected chi connectivity index (χ2v) is 5.56. The van der Waals surface area contributed by atoms with E-state index in [0.717, 1.165) is 18.8 Å². The molecule has 0 aliphatic rings. The number of rotatable bonds is 13. The van der Waals surface area contributed by atoms with Gasteiger partial charge in [0.25, 0.3) is 0 Å². The van der Waals surface area contributed by atoms with Crippen LogP contribution in [0.4, 0.5) is 0 Å². The Morgan fingerprint density at radius 2 is 1.39 bits per heavy atom. The lowest BCUT2D eigenvalue weighted by molar-refractivity contribution is 0.436. The zero-order valence-corrected chi connectivity index (χ0v) is 12.6. The molecule has 0 aliphatic carbocycles. The van der Waals surface area contributed by atoms with Gasteiger partial charge in [0.05, 0.1) is 0 Å². The summed E-state index contributed by atoms with van der Waals surface area (Å²) in [5, 5.41) is 0. The summed E-state index contributed by atoms with van der Waals surface area (Å²) in [6.45, 7) is 10.1. The lowest BCUT2D eigenvalue weighted by Gasteiger charge is -2.10. The maximum absolute atomic E-state index is 3.89. The summed E-state index contributed by atoms with van der Waals surface area (Å²) in [4.78, 5) is 0. The molecule has 0 saturated carbocycles. The summed E-state index contributed by atoms with van der Waals surface area (Å²) in [7, 11) is 0. The van der Waals surface area contributed by atoms with Gasteiger partial charge < -0.3 is 0 Å². The van der Waals surface area contributed by atoms with Crippen LogP contribution in [0, 0.1) is 19.8 Å². The van der Waals surface area contributed by atoms with Gasteiger partial charge in [0.2, 0.25) is 0 Å². The second kappa shape index (κ2) is 14.8. The molecule has 0 rings (SSSR count). The van der Waals surface area contributed by atoms with Crippen molar-refractivity contribution in [1.29, 1.82) is 0 Å². The Labute approximate surface area is 116 Å². The highest BCUT2D eigenvalue weighted by Crippen LogP contribution is 2.17. The first-order valence-electron chi connectivity index (χ1n) is 8.04. The lowest BCUT2D eigenvalue weighted by Crippen LogP contribution is -1.95. The van der Waals surface area contributed by atoms with Gasteiger partial charge in [-0.3, -0.25) is 0 Å². The van der Waals surface area contributed by atoms with E-state index in [-0.39, 0.29) is 0 Å². The Bertz CT molecular complexity index is 169. The highest BCUT2D eigenvalue weighted by atomic mass is 14.1. The standard InChI is InChI=1S/C18H34/c1-4-6-8-10-11-13-15-17-18(3)16-14-12-9-7-5-2/h6,8,18H,1-2,4-5,7,9-17H2,3H3. The van der Waals surface area contributed by atoms with Gasteiger partial charge in [0, 0.05) is 0 Å². The van der Waals surface area contributed by atoms with Crippen LogP contribution < -0.4 is 0 Å². The Morgan fingerprint density at radius 3 is 2.00 bits per heavy atom. The normalized spacial score (nSPS) is 13.3. The molecule has 0 nitrogen and oxygen atoms in total. The summed E-state index contributed by atoms with van der Waals surface area (Å²) < 4.78 is 0. The summed E-state index contributed by atoms with van der Waals surface area (Å²) in [6.07, 6.45) is 20.3. The van der Waals surface area contributed by atoms with Crippen molar-refractivity contribution in [3.8, 4) is 0 Å². The molecule has 0 amide bonds. The third kappa shape index (κ3) is 13.8.